The number of carbonyl (C=O) groups excluding carboxylic acids is 1. The van der Waals surface area contributed by atoms with Crippen LogP contribution in [0.15, 0.2) is 18.2 Å². The first kappa shape index (κ1) is 11.2. The van der Waals surface area contributed by atoms with E-state index in [4.69, 9.17) is 10.8 Å². The molecule has 0 saturated heterocycles. The highest BCUT2D eigenvalue weighted by Crippen LogP contribution is 2.09. The van der Waals surface area contributed by atoms with Crippen LogP contribution in [0.1, 0.15) is 22.3 Å². The van der Waals surface area contributed by atoms with Gasteiger partial charge in [0.25, 0.3) is 5.91 Å². The highest BCUT2D eigenvalue weighted by Gasteiger charge is 2.07. The molecule has 0 unspecified atom stereocenters. The number of aliphatic hydroxyl groups is 1. The molecule has 0 aliphatic carbocycles. The van der Waals surface area contributed by atoms with Crippen LogP contribution in [0, 0.1) is 17.7 Å². The molecule has 3 nitrogen and oxygen atoms in total. The summed E-state index contributed by atoms with van der Waals surface area (Å²) in [6, 6.07) is 3.89. The highest BCUT2D eigenvalue weighted by molar-refractivity contribution is 5.93. The van der Waals surface area contributed by atoms with Crippen LogP contribution in [0.2, 0.25) is 0 Å². The molecule has 1 rings (SSSR count). The topological polar surface area (TPSA) is 63.3 Å². The molecule has 0 radical (unpaired) electrons. The minimum Gasteiger partial charge on any atom is -0.395 e. The molecule has 3 N–H and O–H groups in total. The van der Waals surface area contributed by atoms with E-state index in [2.05, 4.69) is 11.8 Å². The Kier molecular flexibility index (Phi) is 3.83. The number of halogens is 1. The molecule has 1 aromatic rings. The van der Waals surface area contributed by atoms with Crippen LogP contribution in [0.3, 0.4) is 0 Å². The van der Waals surface area contributed by atoms with Crippen LogP contribution in [0.25, 0.3) is 0 Å². The van der Waals surface area contributed by atoms with Gasteiger partial charge in [-0.3, -0.25) is 4.79 Å². The second-order valence-corrected chi connectivity index (χ2v) is 2.83. The minimum atomic E-state index is -0.821. The molecule has 1 amide bonds. The second kappa shape index (κ2) is 5.13. The Morgan fingerprint density at radius 3 is 2.87 bits per heavy atom. The Morgan fingerprint density at radius 2 is 2.27 bits per heavy atom. The molecule has 1 aromatic carbocycles. The second-order valence-electron chi connectivity index (χ2n) is 2.83. The molecular weight excluding hydrogens is 197 g/mol. The number of hydrogen-bond donors (Lipinski definition) is 2. The Balaban J connectivity index is 2.99. The Hall–Kier alpha value is -1.86. The van der Waals surface area contributed by atoms with Crippen LogP contribution >= 0.6 is 0 Å². The maximum absolute atomic E-state index is 13.0. The van der Waals surface area contributed by atoms with Crippen molar-refractivity contribution in [2.45, 2.75) is 6.42 Å². The first-order chi connectivity index (χ1) is 7.15. The van der Waals surface area contributed by atoms with Crippen LogP contribution in [0.5, 0.6) is 0 Å². The summed E-state index contributed by atoms with van der Waals surface area (Å²) in [5, 5.41) is 8.49. The number of primary amides is 1. The molecule has 4 heteroatoms. The van der Waals surface area contributed by atoms with Crippen molar-refractivity contribution in [2.24, 2.45) is 5.73 Å². The van der Waals surface area contributed by atoms with E-state index in [1.165, 1.54) is 12.1 Å². The maximum Gasteiger partial charge on any atom is 0.251 e. The van der Waals surface area contributed by atoms with E-state index >= 15 is 0 Å². The van der Waals surface area contributed by atoms with Gasteiger partial charge in [0.1, 0.15) is 5.82 Å². The van der Waals surface area contributed by atoms with Gasteiger partial charge in [-0.15, -0.1) is 0 Å². The van der Waals surface area contributed by atoms with Gasteiger partial charge in [-0.2, -0.15) is 0 Å². The summed E-state index contributed by atoms with van der Waals surface area (Å²) in [5.74, 6) is 3.87. The van der Waals surface area contributed by atoms with Crippen molar-refractivity contribution >= 4 is 5.91 Å². The molecule has 0 aromatic heterocycles. The molecule has 0 atom stereocenters. The molecule has 0 fully saturated rings. The first-order valence-electron chi connectivity index (χ1n) is 4.34. The van der Waals surface area contributed by atoms with Crippen LogP contribution < -0.4 is 5.73 Å². The zero-order valence-corrected chi connectivity index (χ0v) is 7.96. The molecule has 15 heavy (non-hydrogen) atoms. The van der Waals surface area contributed by atoms with E-state index in [1.807, 2.05) is 0 Å². The molecule has 0 spiro atoms. The third kappa shape index (κ3) is 3.08. The number of carbonyl (C=O) groups is 1. The Bertz CT molecular complexity index is 432. The molecule has 0 heterocycles. The standard InChI is InChI=1S/C11H10FNO2/c12-10-5-4-8(3-1-2-6-14)7-9(10)11(13)15/h4-5,7,14H,2,6H2,(H2,13,15). The van der Waals surface area contributed by atoms with Gasteiger partial charge >= 0.3 is 0 Å². The van der Waals surface area contributed by atoms with E-state index in [0.29, 0.717) is 12.0 Å². The third-order valence-corrected chi connectivity index (χ3v) is 1.70. The van der Waals surface area contributed by atoms with E-state index in [9.17, 15) is 9.18 Å². The van der Waals surface area contributed by atoms with Crippen molar-refractivity contribution in [1.29, 1.82) is 0 Å². The van der Waals surface area contributed by atoms with Gasteiger partial charge in [0.15, 0.2) is 0 Å². The molecule has 78 valence electrons. The summed E-state index contributed by atoms with van der Waals surface area (Å²) in [5.41, 5.74) is 5.29. The number of rotatable bonds is 2. The summed E-state index contributed by atoms with van der Waals surface area (Å²) in [6.45, 7) is -0.0309. The van der Waals surface area contributed by atoms with Crippen molar-refractivity contribution in [3.63, 3.8) is 0 Å². The lowest BCUT2D eigenvalue weighted by molar-refractivity contribution is 0.0996. The first-order valence-corrected chi connectivity index (χ1v) is 4.34. The average molecular weight is 207 g/mol. The number of aliphatic hydroxyl groups excluding tert-OH is 1. The fourth-order valence-corrected chi connectivity index (χ4v) is 1.01. The van der Waals surface area contributed by atoms with Gasteiger partial charge in [-0.25, -0.2) is 4.39 Å². The van der Waals surface area contributed by atoms with Crippen LogP contribution in [-0.2, 0) is 0 Å². The van der Waals surface area contributed by atoms with Crippen molar-refractivity contribution in [3.05, 3.63) is 35.1 Å². The predicted molar refractivity (Wildman–Crippen MR) is 53.5 cm³/mol. The summed E-state index contributed by atoms with van der Waals surface area (Å²) >= 11 is 0. The monoisotopic (exact) mass is 207 g/mol. The summed E-state index contributed by atoms with van der Waals surface area (Å²) in [6.07, 6.45) is 0.337. The van der Waals surface area contributed by atoms with Crippen molar-refractivity contribution in [1.82, 2.24) is 0 Å². The highest BCUT2D eigenvalue weighted by atomic mass is 19.1. The SMILES string of the molecule is NC(=O)c1cc(C#CCCO)ccc1F. The quantitative estimate of drug-likeness (QED) is 0.700. The average Bonchev–Trinajstić information content (AvgIpc) is 2.20. The lowest BCUT2D eigenvalue weighted by Gasteiger charge is -1.98. The number of hydrogen-bond acceptors (Lipinski definition) is 2. The van der Waals surface area contributed by atoms with E-state index < -0.39 is 11.7 Å². The van der Waals surface area contributed by atoms with Crippen molar-refractivity contribution < 1.29 is 14.3 Å². The largest absolute Gasteiger partial charge is 0.395 e. The number of benzene rings is 1. The van der Waals surface area contributed by atoms with Gasteiger partial charge in [-0.05, 0) is 18.2 Å². The smallest absolute Gasteiger partial charge is 0.251 e. The van der Waals surface area contributed by atoms with Crippen LogP contribution in [0.4, 0.5) is 4.39 Å². The fourth-order valence-electron chi connectivity index (χ4n) is 1.01. The van der Waals surface area contributed by atoms with E-state index in [0.717, 1.165) is 6.07 Å². The normalized spacial score (nSPS) is 9.20. The number of amides is 1. The van der Waals surface area contributed by atoms with Gasteiger partial charge < -0.3 is 10.8 Å². The fraction of sp³-hybridized carbons (Fsp3) is 0.182. The molecule has 0 aliphatic rings. The van der Waals surface area contributed by atoms with E-state index in [1.54, 1.807) is 0 Å². The zero-order chi connectivity index (χ0) is 11.3. The van der Waals surface area contributed by atoms with E-state index in [-0.39, 0.29) is 12.2 Å². The minimum absolute atomic E-state index is 0.0309. The molecule has 0 bridgehead atoms. The third-order valence-electron chi connectivity index (χ3n) is 1.70. The summed E-state index contributed by atoms with van der Waals surface area (Å²) in [7, 11) is 0. The van der Waals surface area contributed by atoms with Gasteiger partial charge in [0.05, 0.1) is 12.2 Å². The summed E-state index contributed by atoms with van der Waals surface area (Å²) < 4.78 is 13.0. The van der Waals surface area contributed by atoms with Crippen molar-refractivity contribution in [2.75, 3.05) is 6.61 Å². The van der Waals surface area contributed by atoms with Gasteiger partial charge in [0.2, 0.25) is 0 Å². The molecule has 0 aliphatic heterocycles. The Labute approximate surface area is 86.7 Å². The zero-order valence-electron chi connectivity index (χ0n) is 7.96. The predicted octanol–water partition coefficient (Wildman–Crippen LogP) is 0.659. The summed E-state index contributed by atoms with van der Waals surface area (Å²) in [4.78, 5) is 10.8. The lowest BCUT2D eigenvalue weighted by atomic mass is 10.1. The molecule has 0 saturated carbocycles. The lowest BCUT2D eigenvalue weighted by Crippen LogP contribution is -2.13. The van der Waals surface area contributed by atoms with Gasteiger partial charge in [-0.1, -0.05) is 11.8 Å². The number of nitrogens with two attached hydrogens (primary N) is 1. The van der Waals surface area contributed by atoms with Crippen LogP contribution in [-0.4, -0.2) is 17.6 Å². The van der Waals surface area contributed by atoms with Gasteiger partial charge in [0, 0.05) is 12.0 Å². The Morgan fingerprint density at radius 1 is 1.53 bits per heavy atom. The maximum atomic E-state index is 13.0. The molecular formula is C11H10FNO2. The van der Waals surface area contributed by atoms with Crippen molar-refractivity contribution in [3.8, 4) is 11.8 Å².